The number of amidine groups is 2. The van der Waals surface area contributed by atoms with E-state index in [-0.39, 0.29) is 28.9 Å². The molecule has 0 unspecified atom stereocenters. The van der Waals surface area contributed by atoms with Crippen LogP contribution in [0.4, 0.5) is 5.69 Å². The molecular weight excluding hydrogens is 458 g/mol. The SMILES string of the molecule is N=C1/C(=C/c2ccc(-c3cccc([N+](=O)[O-])c3)o2)C(=O)N=C2SC(COc3ccccc3)=NN12. The van der Waals surface area contributed by atoms with Gasteiger partial charge in [0.25, 0.3) is 11.6 Å². The minimum atomic E-state index is -0.586. The van der Waals surface area contributed by atoms with Crippen LogP contribution in [0.1, 0.15) is 5.76 Å². The summed E-state index contributed by atoms with van der Waals surface area (Å²) in [5.41, 5.74) is 0.474. The summed E-state index contributed by atoms with van der Waals surface area (Å²) in [6, 6.07) is 18.5. The molecule has 3 heterocycles. The molecule has 0 radical (unpaired) electrons. The summed E-state index contributed by atoms with van der Waals surface area (Å²) in [6.07, 6.45) is 1.41. The van der Waals surface area contributed by atoms with Gasteiger partial charge in [0, 0.05) is 17.7 Å². The van der Waals surface area contributed by atoms with E-state index in [0.29, 0.717) is 27.9 Å². The third-order valence-electron chi connectivity index (χ3n) is 4.86. The summed E-state index contributed by atoms with van der Waals surface area (Å²) in [7, 11) is 0. The van der Waals surface area contributed by atoms with Gasteiger partial charge in [-0.05, 0) is 42.1 Å². The van der Waals surface area contributed by atoms with E-state index in [9.17, 15) is 14.9 Å². The Morgan fingerprint density at radius 3 is 2.76 bits per heavy atom. The fourth-order valence-electron chi connectivity index (χ4n) is 3.25. The minimum absolute atomic E-state index is 0.0123. The van der Waals surface area contributed by atoms with Crippen LogP contribution >= 0.6 is 11.8 Å². The number of nitrogens with zero attached hydrogens (tertiary/aromatic N) is 4. The Labute approximate surface area is 196 Å². The monoisotopic (exact) mass is 473 g/mol. The van der Waals surface area contributed by atoms with E-state index in [1.54, 1.807) is 24.3 Å². The molecule has 10 nitrogen and oxygen atoms in total. The molecule has 0 saturated carbocycles. The van der Waals surface area contributed by atoms with Gasteiger partial charge >= 0.3 is 0 Å². The lowest BCUT2D eigenvalue weighted by Crippen LogP contribution is -2.35. The van der Waals surface area contributed by atoms with Crippen LogP contribution < -0.4 is 4.74 Å². The van der Waals surface area contributed by atoms with Crippen molar-refractivity contribution in [2.75, 3.05) is 6.61 Å². The lowest BCUT2D eigenvalue weighted by Gasteiger charge is -2.19. The number of thioether (sulfide) groups is 1. The lowest BCUT2D eigenvalue weighted by atomic mass is 10.1. The number of para-hydroxylation sites is 1. The van der Waals surface area contributed by atoms with Gasteiger partial charge in [0.2, 0.25) is 5.17 Å². The summed E-state index contributed by atoms with van der Waals surface area (Å²) >= 11 is 1.17. The number of furan rings is 1. The van der Waals surface area contributed by atoms with Gasteiger partial charge in [0.15, 0.2) is 5.84 Å². The van der Waals surface area contributed by atoms with Crippen molar-refractivity contribution >= 4 is 45.5 Å². The van der Waals surface area contributed by atoms with E-state index in [0.717, 1.165) is 0 Å². The fraction of sp³-hybridized carbons (Fsp3) is 0.0435. The first-order valence-corrected chi connectivity index (χ1v) is 10.8. The summed E-state index contributed by atoms with van der Waals surface area (Å²) in [4.78, 5) is 27.2. The molecule has 11 heteroatoms. The van der Waals surface area contributed by atoms with Crippen molar-refractivity contribution in [1.82, 2.24) is 5.01 Å². The predicted octanol–water partition coefficient (Wildman–Crippen LogP) is 4.55. The lowest BCUT2D eigenvalue weighted by molar-refractivity contribution is -0.384. The summed E-state index contributed by atoms with van der Waals surface area (Å²) < 4.78 is 11.4. The molecule has 0 fully saturated rings. The average Bonchev–Trinajstić information content (AvgIpc) is 3.48. The number of carbonyl (C=O) groups is 1. The Kier molecular flexibility index (Phi) is 5.52. The maximum absolute atomic E-state index is 12.6. The van der Waals surface area contributed by atoms with Gasteiger partial charge in [0.05, 0.1) is 10.5 Å². The van der Waals surface area contributed by atoms with Crippen LogP contribution in [-0.2, 0) is 4.79 Å². The second-order valence-electron chi connectivity index (χ2n) is 7.12. The third-order valence-corrected chi connectivity index (χ3v) is 5.74. The van der Waals surface area contributed by atoms with Crippen LogP contribution in [0, 0.1) is 15.5 Å². The van der Waals surface area contributed by atoms with Crippen molar-refractivity contribution in [3.8, 4) is 17.1 Å². The summed E-state index contributed by atoms with van der Waals surface area (Å²) in [6.45, 7) is 0.176. The highest BCUT2D eigenvalue weighted by Gasteiger charge is 2.36. The van der Waals surface area contributed by atoms with Gasteiger partial charge in [-0.3, -0.25) is 20.3 Å². The molecule has 0 atom stereocenters. The van der Waals surface area contributed by atoms with E-state index in [1.807, 2.05) is 30.3 Å². The molecule has 1 aromatic heterocycles. The second-order valence-corrected chi connectivity index (χ2v) is 8.17. The van der Waals surface area contributed by atoms with Crippen LogP contribution in [0.3, 0.4) is 0 Å². The van der Waals surface area contributed by atoms with Crippen molar-refractivity contribution < 1.29 is 18.9 Å². The van der Waals surface area contributed by atoms with Crippen LogP contribution in [0.15, 0.2) is 86.8 Å². The molecule has 0 bridgehead atoms. The first-order valence-electron chi connectivity index (χ1n) is 9.99. The number of benzene rings is 2. The van der Waals surface area contributed by atoms with E-state index in [2.05, 4.69) is 10.1 Å². The van der Waals surface area contributed by atoms with E-state index < -0.39 is 10.8 Å². The van der Waals surface area contributed by atoms with Crippen molar-refractivity contribution in [1.29, 1.82) is 5.41 Å². The molecule has 168 valence electrons. The number of hydrogen-bond donors (Lipinski definition) is 1. The van der Waals surface area contributed by atoms with Crippen molar-refractivity contribution in [3.05, 3.63) is 88.2 Å². The van der Waals surface area contributed by atoms with Crippen molar-refractivity contribution in [2.24, 2.45) is 10.1 Å². The number of carbonyl (C=O) groups excluding carboxylic acids is 1. The Bertz CT molecular complexity index is 1410. The molecule has 34 heavy (non-hydrogen) atoms. The van der Waals surface area contributed by atoms with Crippen molar-refractivity contribution in [2.45, 2.75) is 0 Å². The van der Waals surface area contributed by atoms with Gasteiger partial charge in [0.1, 0.15) is 28.9 Å². The molecule has 2 aromatic carbocycles. The number of hydrazone groups is 1. The highest BCUT2D eigenvalue weighted by atomic mass is 32.2. The second kappa shape index (κ2) is 8.79. The molecule has 2 aliphatic rings. The number of amides is 1. The first kappa shape index (κ1) is 21.3. The van der Waals surface area contributed by atoms with Gasteiger partial charge < -0.3 is 9.15 Å². The topological polar surface area (TPSA) is 134 Å². The summed E-state index contributed by atoms with van der Waals surface area (Å²) in [5, 5.41) is 26.0. The van der Waals surface area contributed by atoms with Gasteiger partial charge in [-0.1, -0.05) is 30.3 Å². The Balaban J connectivity index is 1.35. The van der Waals surface area contributed by atoms with Crippen LogP contribution in [0.5, 0.6) is 5.75 Å². The largest absolute Gasteiger partial charge is 0.487 e. The number of non-ortho nitro benzene ring substituents is 1. The number of nitrogens with one attached hydrogen (secondary N) is 1. The zero-order valence-corrected chi connectivity index (χ0v) is 18.2. The smallest absolute Gasteiger partial charge is 0.283 e. The van der Waals surface area contributed by atoms with E-state index in [1.165, 1.54) is 35.0 Å². The highest BCUT2D eigenvalue weighted by Crippen LogP contribution is 2.30. The predicted molar refractivity (Wildman–Crippen MR) is 128 cm³/mol. The van der Waals surface area contributed by atoms with Gasteiger partial charge in [-0.2, -0.15) is 15.1 Å². The molecule has 3 aromatic rings. The molecule has 0 aliphatic carbocycles. The number of rotatable bonds is 6. The number of ether oxygens (including phenoxy) is 1. The van der Waals surface area contributed by atoms with Gasteiger partial charge in [-0.25, -0.2) is 0 Å². The normalized spacial score (nSPS) is 16.4. The molecule has 5 rings (SSSR count). The molecule has 0 saturated heterocycles. The first-order chi connectivity index (χ1) is 16.5. The standard InChI is InChI=1S/C23H15N5O5S/c24-21-18(12-17-9-10-19(33-17)14-5-4-6-15(11-14)28(30)31)22(29)25-23-27(21)26-20(34-23)13-32-16-7-2-1-3-8-16/h1-12,24H,13H2/b18-12-,24-21?. The third kappa shape index (κ3) is 4.24. The molecule has 1 amide bonds. The Hall–Kier alpha value is -4.51. The van der Waals surface area contributed by atoms with E-state index in [4.69, 9.17) is 14.6 Å². The maximum Gasteiger partial charge on any atom is 0.283 e. The molecule has 1 N–H and O–H groups in total. The molecule has 0 spiro atoms. The molecule has 2 aliphatic heterocycles. The quantitative estimate of drug-likeness (QED) is 0.315. The number of aliphatic imine (C=N–C) groups is 1. The number of nitro groups is 1. The molecular formula is C23H15N5O5S. The van der Waals surface area contributed by atoms with Crippen LogP contribution in [-0.4, -0.2) is 38.5 Å². The Morgan fingerprint density at radius 1 is 1.15 bits per heavy atom. The Morgan fingerprint density at radius 2 is 1.97 bits per heavy atom. The fourth-order valence-corrected chi connectivity index (χ4v) is 4.05. The minimum Gasteiger partial charge on any atom is -0.487 e. The van der Waals surface area contributed by atoms with Crippen LogP contribution in [0.2, 0.25) is 0 Å². The summed E-state index contributed by atoms with van der Waals surface area (Å²) in [5.74, 6) is 0.658. The van der Waals surface area contributed by atoms with E-state index >= 15 is 0 Å². The van der Waals surface area contributed by atoms with Gasteiger partial charge in [-0.15, -0.1) is 0 Å². The number of hydrogen-bond acceptors (Lipinski definition) is 8. The van der Waals surface area contributed by atoms with Crippen LogP contribution in [0.25, 0.3) is 17.4 Å². The van der Waals surface area contributed by atoms with Crippen molar-refractivity contribution in [3.63, 3.8) is 0 Å². The zero-order chi connectivity index (χ0) is 23.7. The zero-order valence-electron chi connectivity index (χ0n) is 17.4. The number of nitro benzene ring substituents is 1. The number of fused-ring (bicyclic) bond motifs is 1. The average molecular weight is 473 g/mol. The maximum atomic E-state index is 12.6. The highest BCUT2D eigenvalue weighted by molar-refractivity contribution is 8.27.